The molecule has 1 aromatic heterocycles. The van der Waals surface area contributed by atoms with Crippen LogP contribution < -0.4 is 19.3 Å². The first kappa shape index (κ1) is 23.9. The molecule has 3 heterocycles. The van der Waals surface area contributed by atoms with Crippen LogP contribution in [0, 0.1) is 12.8 Å². The van der Waals surface area contributed by atoms with Gasteiger partial charge in [-0.2, -0.15) is 0 Å². The molecule has 1 atom stereocenters. The topological polar surface area (TPSA) is 71.0 Å². The second kappa shape index (κ2) is 10.8. The Morgan fingerprint density at radius 1 is 0.917 bits per heavy atom. The molecule has 2 aromatic carbocycles. The molecular weight excluding hydrogens is 454 g/mol. The van der Waals surface area contributed by atoms with Gasteiger partial charge in [0.05, 0.1) is 13.0 Å². The van der Waals surface area contributed by atoms with Gasteiger partial charge in [-0.1, -0.05) is 23.8 Å². The molecule has 0 aliphatic carbocycles. The number of hydrogen-bond donors (Lipinski definition) is 0. The van der Waals surface area contributed by atoms with Crippen molar-refractivity contribution in [1.82, 2.24) is 14.9 Å². The van der Waals surface area contributed by atoms with Crippen molar-refractivity contribution in [3.63, 3.8) is 0 Å². The number of anilines is 2. The standard InChI is InChI=1S/C28H33N5O3/c1-21-8-10-24(11-9-21)36-27-26(29-12-13-30-27)33-14-4-5-22(20-33)28(34)32-17-15-31(16-18-32)23-6-3-7-25(19-23)35-2/h3,6-13,19,22H,4-5,14-18,20H2,1-2H3/t22-/m0/s1. The van der Waals surface area contributed by atoms with E-state index in [0.717, 1.165) is 62.8 Å². The third kappa shape index (κ3) is 5.37. The van der Waals surface area contributed by atoms with Gasteiger partial charge in [0.2, 0.25) is 5.91 Å². The Bertz CT molecular complexity index is 1180. The molecule has 1 amide bonds. The number of aryl methyl sites for hydroxylation is 1. The first-order chi connectivity index (χ1) is 17.6. The van der Waals surface area contributed by atoms with Crippen molar-refractivity contribution < 1.29 is 14.3 Å². The minimum absolute atomic E-state index is 0.0589. The number of benzene rings is 2. The zero-order valence-electron chi connectivity index (χ0n) is 21.0. The van der Waals surface area contributed by atoms with Crippen molar-refractivity contribution in [2.75, 3.05) is 56.2 Å². The molecule has 0 radical (unpaired) electrons. The van der Waals surface area contributed by atoms with Gasteiger partial charge in [0, 0.05) is 63.4 Å². The Hall–Kier alpha value is -3.81. The predicted molar refractivity (Wildman–Crippen MR) is 140 cm³/mol. The summed E-state index contributed by atoms with van der Waals surface area (Å²) >= 11 is 0. The van der Waals surface area contributed by atoms with Gasteiger partial charge in [0.15, 0.2) is 5.82 Å². The van der Waals surface area contributed by atoms with E-state index in [4.69, 9.17) is 9.47 Å². The zero-order chi connectivity index (χ0) is 24.9. The largest absolute Gasteiger partial charge is 0.497 e. The minimum Gasteiger partial charge on any atom is -0.497 e. The van der Waals surface area contributed by atoms with Crippen molar-refractivity contribution in [3.05, 3.63) is 66.5 Å². The molecule has 36 heavy (non-hydrogen) atoms. The molecular formula is C28H33N5O3. The van der Waals surface area contributed by atoms with Crippen LogP contribution in [0.5, 0.6) is 17.4 Å². The molecule has 0 saturated carbocycles. The fourth-order valence-corrected chi connectivity index (χ4v) is 4.95. The lowest BCUT2D eigenvalue weighted by Gasteiger charge is -2.40. The number of nitrogens with zero attached hydrogens (tertiary/aromatic N) is 5. The molecule has 3 aromatic rings. The summed E-state index contributed by atoms with van der Waals surface area (Å²) in [6.45, 7) is 6.57. The summed E-state index contributed by atoms with van der Waals surface area (Å²) < 4.78 is 11.4. The van der Waals surface area contributed by atoms with E-state index in [9.17, 15) is 4.79 Å². The van der Waals surface area contributed by atoms with Crippen LogP contribution in [0.4, 0.5) is 11.5 Å². The van der Waals surface area contributed by atoms with Crippen LogP contribution >= 0.6 is 0 Å². The van der Waals surface area contributed by atoms with E-state index in [-0.39, 0.29) is 11.8 Å². The number of methoxy groups -OCH3 is 1. The number of rotatable bonds is 6. The first-order valence-corrected chi connectivity index (χ1v) is 12.6. The summed E-state index contributed by atoms with van der Waals surface area (Å²) in [4.78, 5) is 29.0. The molecule has 8 nitrogen and oxygen atoms in total. The van der Waals surface area contributed by atoms with E-state index in [0.29, 0.717) is 18.2 Å². The van der Waals surface area contributed by atoms with E-state index in [1.54, 1.807) is 19.5 Å². The number of hydrogen-bond acceptors (Lipinski definition) is 7. The molecule has 0 spiro atoms. The molecule has 5 rings (SSSR count). The fraction of sp³-hybridized carbons (Fsp3) is 0.393. The number of aromatic nitrogens is 2. The van der Waals surface area contributed by atoms with Gasteiger partial charge in [-0.25, -0.2) is 9.97 Å². The Balaban J connectivity index is 1.22. The minimum atomic E-state index is -0.0589. The molecule has 2 fully saturated rings. The summed E-state index contributed by atoms with van der Waals surface area (Å²) in [5, 5.41) is 0. The maximum absolute atomic E-state index is 13.5. The van der Waals surface area contributed by atoms with Crippen LogP contribution in [0.15, 0.2) is 60.9 Å². The molecule has 0 unspecified atom stereocenters. The Morgan fingerprint density at radius 3 is 2.47 bits per heavy atom. The predicted octanol–water partition coefficient (Wildman–Crippen LogP) is 4.15. The molecule has 188 valence electrons. The summed E-state index contributed by atoms with van der Waals surface area (Å²) in [5.41, 5.74) is 2.30. The van der Waals surface area contributed by atoms with Gasteiger partial charge in [0.1, 0.15) is 11.5 Å². The third-order valence-corrected chi connectivity index (χ3v) is 6.96. The summed E-state index contributed by atoms with van der Waals surface area (Å²) in [5.74, 6) is 2.91. The van der Waals surface area contributed by atoms with Crippen LogP contribution in [0.3, 0.4) is 0 Å². The molecule has 2 aliphatic heterocycles. The smallest absolute Gasteiger partial charge is 0.263 e. The summed E-state index contributed by atoms with van der Waals surface area (Å²) in [6.07, 6.45) is 5.14. The van der Waals surface area contributed by atoms with Crippen molar-refractivity contribution in [2.24, 2.45) is 5.92 Å². The van der Waals surface area contributed by atoms with E-state index >= 15 is 0 Å². The van der Waals surface area contributed by atoms with Crippen molar-refractivity contribution in [3.8, 4) is 17.4 Å². The highest BCUT2D eigenvalue weighted by Gasteiger charge is 2.32. The van der Waals surface area contributed by atoms with Gasteiger partial charge in [-0.05, 0) is 44.0 Å². The monoisotopic (exact) mass is 487 g/mol. The normalized spacial score (nSPS) is 18.2. The van der Waals surface area contributed by atoms with Gasteiger partial charge < -0.3 is 24.2 Å². The number of ether oxygens (including phenoxy) is 2. The molecule has 2 aliphatic rings. The Morgan fingerprint density at radius 2 is 1.69 bits per heavy atom. The maximum atomic E-state index is 13.5. The SMILES string of the molecule is COc1cccc(N2CCN(C(=O)[C@H]3CCCN(c4nccnc4Oc4ccc(C)cc4)C3)CC2)c1. The van der Waals surface area contributed by atoms with Crippen molar-refractivity contribution in [2.45, 2.75) is 19.8 Å². The Labute approximate surface area is 212 Å². The van der Waals surface area contributed by atoms with Gasteiger partial charge in [0.25, 0.3) is 5.88 Å². The van der Waals surface area contributed by atoms with E-state index < -0.39 is 0 Å². The zero-order valence-corrected chi connectivity index (χ0v) is 21.0. The number of piperidine rings is 1. The van der Waals surface area contributed by atoms with Crippen LogP contribution in [0.2, 0.25) is 0 Å². The second-order valence-electron chi connectivity index (χ2n) is 9.40. The van der Waals surface area contributed by atoms with E-state index in [1.807, 2.05) is 54.3 Å². The van der Waals surface area contributed by atoms with Gasteiger partial charge in [-0.3, -0.25) is 4.79 Å². The van der Waals surface area contributed by atoms with Gasteiger partial charge >= 0.3 is 0 Å². The van der Waals surface area contributed by atoms with Crippen LogP contribution in [0.25, 0.3) is 0 Å². The highest BCUT2D eigenvalue weighted by molar-refractivity contribution is 5.80. The average Bonchev–Trinajstić information content (AvgIpc) is 2.94. The summed E-state index contributed by atoms with van der Waals surface area (Å²) in [7, 11) is 1.68. The summed E-state index contributed by atoms with van der Waals surface area (Å²) in [6, 6.07) is 16.0. The van der Waals surface area contributed by atoms with Crippen LogP contribution in [0.1, 0.15) is 18.4 Å². The van der Waals surface area contributed by atoms with Crippen LogP contribution in [-0.2, 0) is 4.79 Å². The average molecular weight is 488 g/mol. The lowest BCUT2D eigenvalue weighted by Crippen LogP contribution is -2.52. The molecule has 0 bridgehead atoms. The fourth-order valence-electron chi connectivity index (χ4n) is 4.95. The molecule has 0 N–H and O–H groups in total. The maximum Gasteiger partial charge on any atom is 0.263 e. The van der Waals surface area contributed by atoms with Crippen molar-refractivity contribution in [1.29, 1.82) is 0 Å². The van der Waals surface area contributed by atoms with Gasteiger partial charge in [-0.15, -0.1) is 0 Å². The number of carbonyl (C=O) groups excluding carboxylic acids is 1. The van der Waals surface area contributed by atoms with Crippen molar-refractivity contribution >= 4 is 17.4 Å². The second-order valence-corrected chi connectivity index (χ2v) is 9.40. The van der Waals surface area contributed by atoms with E-state index in [2.05, 4.69) is 25.8 Å². The number of carbonyl (C=O) groups is 1. The molecule has 2 saturated heterocycles. The van der Waals surface area contributed by atoms with Crippen LogP contribution in [-0.4, -0.2) is 67.2 Å². The first-order valence-electron chi connectivity index (χ1n) is 12.6. The van der Waals surface area contributed by atoms with E-state index in [1.165, 1.54) is 5.56 Å². The highest BCUT2D eigenvalue weighted by Crippen LogP contribution is 2.32. The number of amides is 1. The number of piperazine rings is 1. The quantitative estimate of drug-likeness (QED) is 0.517. The lowest BCUT2D eigenvalue weighted by molar-refractivity contribution is -0.136. The highest BCUT2D eigenvalue weighted by atomic mass is 16.5. The third-order valence-electron chi connectivity index (χ3n) is 6.96. The Kier molecular flexibility index (Phi) is 7.21. The molecule has 8 heteroatoms. The lowest BCUT2D eigenvalue weighted by atomic mass is 9.96.